The number of hydrogen-bond acceptors (Lipinski definition) is 3. The van der Waals surface area contributed by atoms with E-state index in [0.29, 0.717) is 5.76 Å². The van der Waals surface area contributed by atoms with E-state index in [-0.39, 0.29) is 12.2 Å². The van der Waals surface area contributed by atoms with Crippen molar-refractivity contribution in [2.45, 2.75) is 6.54 Å². The molecule has 0 saturated heterocycles. The molecule has 0 atom stereocenters. The molecule has 0 aliphatic heterocycles. The van der Waals surface area contributed by atoms with E-state index in [9.17, 15) is 13.6 Å². The van der Waals surface area contributed by atoms with Crippen molar-refractivity contribution < 1.29 is 18.0 Å². The summed E-state index contributed by atoms with van der Waals surface area (Å²) in [5.74, 6) is -2.42. The van der Waals surface area contributed by atoms with Crippen molar-refractivity contribution in [1.29, 1.82) is 0 Å². The molecular weight excluding hydrogens is 242 g/mol. The van der Waals surface area contributed by atoms with Gasteiger partial charge in [-0.25, -0.2) is 8.78 Å². The Kier molecular flexibility index (Phi) is 3.27. The standard InChI is InChI=1S/C12H10F2N2O2/c13-8-3-4-9(15)11(14)10(8)12(17)16-6-7-2-1-5-18-7/h1-5H,6,15H2,(H,16,17). The number of nitrogens with two attached hydrogens (primary N) is 1. The molecule has 1 aromatic carbocycles. The molecule has 0 aliphatic carbocycles. The van der Waals surface area contributed by atoms with E-state index < -0.39 is 23.1 Å². The topological polar surface area (TPSA) is 68.3 Å². The maximum Gasteiger partial charge on any atom is 0.257 e. The van der Waals surface area contributed by atoms with E-state index in [2.05, 4.69) is 5.32 Å². The minimum absolute atomic E-state index is 0.0412. The number of halogens is 2. The summed E-state index contributed by atoms with van der Waals surface area (Å²) in [6, 6.07) is 5.28. The number of hydrogen-bond donors (Lipinski definition) is 2. The number of furan rings is 1. The Hall–Kier alpha value is -2.37. The van der Waals surface area contributed by atoms with Crippen LogP contribution >= 0.6 is 0 Å². The number of anilines is 1. The Morgan fingerprint density at radius 3 is 2.78 bits per heavy atom. The number of carbonyl (C=O) groups is 1. The fourth-order valence-corrected chi connectivity index (χ4v) is 1.45. The minimum Gasteiger partial charge on any atom is -0.467 e. The predicted octanol–water partition coefficient (Wildman–Crippen LogP) is 2.07. The molecule has 0 unspecified atom stereocenters. The Morgan fingerprint density at radius 1 is 1.33 bits per heavy atom. The molecule has 2 rings (SSSR count). The van der Waals surface area contributed by atoms with Gasteiger partial charge in [0.2, 0.25) is 0 Å². The maximum atomic E-state index is 13.5. The summed E-state index contributed by atoms with van der Waals surface area (Å²) in [5, 5.41) is 2.34. The van der Waals surface area contributed by atoms with Crippen LogP contribution in [0.1, 0.15) is 16.1 Å². The van der Waals surface area contributed by atoms with Gasteiger partial charge < -0.3 is 15.5 Å². The molecule has 1 aromatic heterocycles. The molecule has 94 valence electrons. The summed E-state index contributed by atoms with van der Waals surface area (Å²) < 4.78 is 31.9. The molecule has 0 radical (unpaired) electrons. The fourth-order valence-electron chi connectivity index (χ4n) is 1.45. The maximum absolute atomic E-state index is 13.5. The Balaban J connectivity index is 2.16. The molecule has 4 nitrogen and oxygen atoms in total. The second kappa shape index (κ2) is 4.87. The van der Waals surface area contributed by atoms with Crippen molar-refractivity contribution in [2.24, 2.45) is 0 Å². The first-order valence-electron chi connectivity index (χ1n) is 5.13. The monoisotopic (exact) mass is 252 g/mol. The quantitative estimate of drug-likeness (QED) is 0.821. The van der Waals surface area contributed by atoms with Crippen molar-refractivity contribution >= 4 is 11.6 Å². The lowest BCUT2D eigenvalue weighted by Gasteiger charge is -2.07. The lowest BCUT2D eigenvalue weighted by molar-refractivity contribution is 0.0939. The first-order valence-corrected chi connectivity index (χ1v) is 5.13. The van der Waals surface area contributed by atoms with E-state index in [1.165, 1.54) is 6.26 Å². The average Bonchev–Trinajstić information content (AvgIpc) is 2.85. The number of nitrogens with one attached hydrogen (secondary N) is 1. The fraction of sp³-hybridized carbons (Fsp3) is 0.0833. The zero-order valence-electron chi connectivity index (χ0n) is 9.24. The summed E-state index contributed by atoms with van der Waals surface area (Å²) >= 11 is 0. The van der Waals surface area contributed by atoms with E-state index in [4.69, 9.17) is 10.2 Å². The molecular formula is C12H10F2N2O2. The van der Waals surface area contributed by atoms with Crippen molar-refractivity contribution in [2.75, 3.05) is 5.73 Å². The SMILES string of the molecule is Nc1ccc(F)c(C(=O)NCc2ccco2)c1F. The molecule has 18 heavy (non-hydrogen) atoms. The van der Waals surface area contributed by atoms with Gasteiger partial charge in [0.25, 0.3) is 5.91 Å². The van der Waals surface area contributed by atoms with Gasteiger partial charge in [0.1, 0.15) is 17.1 Å². The van der Waals surface area contributed by atoms with Gasteiger partial charge >= 0.3 is 0 Å². The molecule has 0 saturated carbocycles. The number of rotatable bonds is 3. The summed E-state index contributed by atoms with van der Waals surface area (Å²) in [6.45, 7) is 0.0412. The van der Waals surface area contributed by atoms with Gasteiger partial charge in [-0.2, -0.15) is 0 Å². The third-order valence-corrected chi connectivity index (χ3v) is 2.35. The Labute approximate surface area is 101 Å². The molecule has 3 N–H and O–H groups in total. The van der Waals surface area contributed by atoms with Crippen molar-refractivity contribution in [3.05, 3.63) is 53.5 Å². The van der Waals surface area contributed by atoms with Crippen LogP contribution in [0.2, 0.25) is 0 Å². The number of nitrogen functional groups attached to an aromatic ring is 1. The van der Waals surface area contributed by atoms with Crippen LogP contribution in [0.4, 0.5) is 14.5 Å². The second-order valence-corrected chi connectivity index (χ2v) is 3.59. The molecule has 2 aromatic rings. The van der Waals surface area contributed by atoms with Crippen LogP contribution in [0.5, 0.6) is 0 Å². The van der Waals surface area contributed by atoms with Gasteiger partial charge in [0, 0.05) is 0 Å². The summed E-state index contributed by atoms with van der Waals surface area (Å²) in [7, 11) is 0. The van der Waals surface area contributed by atoms with Crippen molar-refractivity contribution in [3.63, 3.8) is 0 Å². The third kappa shape index (κ3) is 2.32. The van der Waals surface area contributed by atoms with E-state index in [0.717, 1.165) is 12.1 Å². The second-order valence-electron chi connectivity index (χ2n) is 3.59. The van der Waals surface area contributed by atoms with Crippen LogP contribution in [0, 0.1) is 11.6 Å². The Bertz CT molecular complexity index is 568. The first-order chi connectivity index (χ1) is 8.59. The summed E-state index contributed by atoms with van der Waals surface area (Å²) in [5.41, 5.74) is 4.31. The molecule has 1 amide bonds. The normalized spacial score (nSPS) is 10.3. The molecule has 6 heteroatoms. The van der Waals surface area contributed by atoms with Crippen LogP contribution in [0.3, 0.4) is 0 Å². The smallest absolute Gasteiger partial charge is 0.257 e. The summed E-state index contributed by atoms with van der Waals surface area (Å²) in [4.78, 5) is 11.6. The highest BCUT2D eigenvalue weighted by Crippen LogP contribution is 2.18. The zero-order chi connectivity index (χ0) is 13.1. The largest absolute Gasteiger partial charge is 0.467 e. The van der Waals surface area contributed by atoms with Crippen LogP contribution in [0.15, 0.2) is 34.9 Å². The van der Waals surface area contributed by atoms with Crippen LogP contribution in [-0.4, -0.2) is 5.91 Å². The first kappa shape index (κ1) is 12.1. The van der Waals surface area contributed by atoms with Gasteiger partial charge in [0.15, 0.2) is 5.82 Å². The third-order valence-electron chi connectivity index (χ3n) is 2.35. The van der Waals surface area contributed by atoms with Gasteiger partial charge in [-0.3, -0.25) is 4.79 Å². The van der Waals surface area contributed by atoms with E-state index >= 15 is 0 Å². The molecule has 0 spiro atoms. The lowest BCUT2D eigenvalue weighted by Crippen LogP contribution is -2.25. The lowest BCUT2D eigenvalue weighted by atomic mass is 10.1. The van der Waals surface area contributed by atoms with Crippen molar-refractivity contribution in [3.8, 4) is 0 Å². The van der Waals surface area contributed by atoms with E-state index in [1.807, 2.05) is 0 Å². The van der Waals surface area contributed by atoms with Crippen molar-refractivity contribution in [1.82, 2.24) is 5.32 Å². The minimum atomic E-state index is -1.06. The van der Waals surface area contributed by atoms with Crippen LogP contribution in [0.25, 0.3) is 0 Å². The predicted molar refractivity (Wildman–Crippen MR) is 60.6 cm³/mol. The highest BCUT2D eigenvalue weighted by atomic mass is 19.1. The van der Waals surface area contributed by atoms with Crippen LogP contribution in [-0.2, 0) is 6.54 Å². The average molecular weight is 252 g/mol. The van der Waals surface area contributed by atoms with Gasteiger partial charge in [-0.05, 0) is 24.3 Å². The van der Waals surface area contributed by atoms with Gasteiger partial charge in [-0.1, -0.05) is 0 Å². The van der Waals surface area contributed by atoms with E-state index in [1.54, 1.807) is 12.1 Å². The van der Waals surface area contributed by atoms with Gasteiger partial charge in [-0.15, -0.1) is 0 Å². The number of amides is 1. The summed E-state index contributed by atoms with van der Waals surface area (Å²) in [6.07, 6.45) is 1.43. The highest BCUT2D eigenvalue weighted by molar-refractivity contribution is 5.95. The molecule has 0 fully saturated rings. The van der Waals surface area contributed by atoms with Crippen LogP contribution < -0.4 is 11.1 Å². The van der Waals surface area contributed by atoms with Gasteiger partial charge in [0.05, 0.1) is 18.5 Å². The number of carbonyl (C=O) groups excluding carboxylic acids is 1. The highest BCUT2D eigenvalue weighted by Gasteiger charge is 2.19. The zero-order valence-corrected chi connectivity index (χ0v) is 9.24. The Morgan fingerprint density at radius 2 is 2.11 bits per heavy atom. The molecule has 0 aliphatic rings. The molecule has 1 heterocycles. The number of benzene rings is 1. The molecule has 0 bridgehead atoms.